The first-order chi connectivity index (χ1) is 9.73. The minimum absolute atomic E-state index is 0. The van der Waals surface area contributed by atoms with E-state index < -0.39 is 40.3 Å². The second kappa shape index (κ2) is 8.51. The Bertz CT molecular complexity index is 503. The third kappa shape index (κ3) is 4.72. The van der Waals surface area contributed by atoms with Gasteiger partial charge in [0.15, 0.2) is 23.3 Å². The molecule has 0 aliphatic carbocycles. The van der Waals surface area contributed by atoms with Gasteiger partial charge in [0, 0.05) is 43.9 Å². The molecule has 0 unspecified atom stereocenters. The summed E-state index contributed by atoms with van der Waals surface area (Å²) in [5.41, 5.74) is -1.08. The van der Waals surface area contributed by atoms with Crippen molar-refractivity contribution in [1.29, 1.82) is 0 Å². The lowest BCUT2D eigenvalue weighted by Gasteiger charge is -2.42. The van der Waals surface area contributed by atoms with Gasteiger partial charge in [-0.15, -0.1) is 24.8 Å². The van der Waals surface area contributed by atoms with Crippen LogP contribution in [0.1, 0.15) is 32.4 Å². The predicted octanol–water partition coefficient (Wildman–Crippen LogP) is 4.08. The van der Waals surface area contributed by atoms with Gasteiger partial charge in [-0.25, -0.2) is 17.6 Å². The standard InChI is InChI=1S/C15H20F4N2.2ClH/c1-15(2,3)14(21-6-4-20-5-7-21)11-12(18)9(16)8-10(17)13(11)19;;/h8,14,20H,4-7H2,1-3H3;2*1H/t14-;;/m0../s1. The van der Waals surface area contributed by atoms with E-state index in [1.165, 1.54) is 0 Å². The monoisotopic (exact) mass is 376 g/mol. The maximum absolute atomic E-state index is 14.2. The van der Waals surface area contributed by atoms with Crippen LogP contribution in [-0.2, 0) is 0 Å². The van der Waals surface area contributed by atoms with E-state index in [0.717, 1.165) is 0 Å². The SMILES string of the molecule is CC(C)(C)[C@H](c1c(F)c(F)cc(F)c1F)N1CCNCC1.Cl.Cl. The second-order valence-corrected chi connectivity index (χ2v) is 6.44. The van der Waals surface area contributed by atoms with Crippen molar-refractivity contribution in [2.24, 2.45) is 5.41 Å². The molecule has 1 aliphatic heterocycles. The van der Waals surface area contributed by atoms with Crippen molar-refractivity contribution in [1.82, 2.24) is 10.2 Å². The Balaban J connectivity index is 0.00000242. The zero-order valence-electron chi connectivity index (χ0n) is 13.3. The molecule has 0 aromatic heterocycles. The van der Waals surface area contributed by atoms with Crippen LogP contribution in [0, 0.1) is 28.7 Å². The number of hydrogen-bond donors (Lipinski definition) is 1. The number of halogens is 6. The molecule has 134 valence electrons. The van der Waals surface area contributed by atoms with Gasteiger partial charge < -0.3 is 5.32 Å². The summed E-state index contributed by atoms with van der Waals surface area (Å²) in [6.07, 6.45) is 0. The number of hydrogen-bond acceptors (Lipinski definition) is 2. The fraction of sp³-hybridized carbons (Fsp3) is 0.600. The van der Waals surface area contributed by atoms with Crippen LogP contribution in [-0.4, -0.2) is 31.1 Å². The Morgan fingerprint density at radius 3 is 1.78 bits per heavy atom. The molecule has 1 aliphatic rings. The fourth-order valence-corrected chi connectivity index (χ4v) is 2.94. The summed E-state index contributed by atoms with van der Waals surface area (Å²) in [7, 11) is 0. The number of nitrogens with zero attached hydrogens (tertiary/aromatic N) is 1. The van der Waals surface area contributed by atoms with Crippen LogP contribution in [0.5, 0.6) is 0 Å². The van der Waals surface area contributed by atoms with Crippen molar-refractivity contribution in [3.05, 3.63) is 34.9 Å². The van der Waals surface area contributed by atoms with E-state index >= 15 is 0 Å². The van der Waals surface area contributed by atoms with Crippen molar-refractivity contribution in [2.45, 2.75) is 26.8 Å². The summed E-state index contributed by atoms with van der Waals surface area (Å²) in [5, 5.41) is 3.15. The van der Waals surface area contributed by atoms with Gasteiger partial charge in [-0.1, -0.05) is 20.8 Å². The van der Waals surface area contributed by atoms with Gasteiger partial charge in [-0.05, 0) is 5.41 Å². The van der Waals surface area contributed by atoms with E-state index in [0.29, 0.717) is 26.2 Å². The first-order valence-corrected chi connectivity index (χ1v) is 7.01. The molecule has 23 heavy (non-hydrogen) atoms. The Morgan fingerprint density at radius 1 is 0.957 bits per heavy atom. The molecule has 0 bridgehead atoms. The minimum atomic E-state index is -1.35. The summed E-state index contributed by atoms with van der Waals surface area (Å²) in [6, 6.07) is -0.476. The summed E-state index contributed by atoms with van der Waals surface area (Å²) in [5.74, 6) is -5.30. The molecule has 0 radical (unpaired) electrons. The summed E-state index contributed by atoms with van der Waals surface area (Å²) in [4.78, 5) is 1.87. The third-order valence-corrected chi connectivity index (χ3v) is 3.76. The summed E-state index contributed by atoms with van der Waals surface area (Å²) < 4.78 is 55.4. The first-order valence-electron chi connectivity index (χ1n) is 7.01. The van der Waals surface area contributed by atoms with Crippen molar-refractivity contribution < 1.29 is 17.6 Å². The molecule has 0 spiro atoms. The van der Waals surface area contributed by atoms with Gasteiger partial charge in [0.25, 0.3) is 0 Å². The van der Waals surface area contributed by atoms with Crippen LogP contribution in [0.25, 0.3) is 0 Å². The largest absolute Gasteiger partial charge is 0.314 e. The Morgan fingerprint density at radius 2 is 1.39 bits per heavy atom. The van der Waals surface area contributed by atoms with E-state index in [1.54, 1.807) is 20.8 Å². The molecule has 1 N–H and O–H groups in total. The first kappa shape index (κ1) is 22.4. The summed E-state index contributed by atoms with van der Waals surface area (Å²) >= 11 is 0. The van der Waals surface area contributed by atoms with Crippen LogP contribution in [0.2, 0.25) is 0 Å². The Hall–Kier alpha value is -0.560. The predicted molar refractivity (Wildman–Crippen MR) is 87.4 cm³/mol. The van der Waals surface area contributed by atoms with Crippen molar-refractivity contribution in [3.63, 3.8) is 0 Å². The van der Waals surface area contributed by atoms with Crippen LogP contribution < -0.4 is 5.32 Å². The molecule has 2 nitrogen and oxygen atoms in total. The van der Waals surface area contributed by atoms with Gasteiger partial charge >= 0.3 is 0 Å². The molecule has 1 aromatic rings. The highest BCUT2D eigenvalue weighted by atomic mass is 35.5. The molecule has 8 heteroatoms. The summed E-state index contributed by atoms with van der Waals surface area (Å²) in [6.45, 7) is 7.91. The molecule has 1 aromatic carbocycles. The zero-order chi connectivity index (χ0) is 15.8. The van der Waals surface area contributed by atoms with Crippen molar-refractivity contribution in [2.75, 3.05) is 26.2 Å². The number of rotatable bonds is 2. The molecule has 1 atom stereocenters. The molecule has 1 heterocycles. The average molecular weight is 377 g/mol. The highest BCUT2D eigenvalue weighted by Crippen LogP contribution is 2.41. The third-order valence-electron chi connectivity index (χ3n) is 3.76. The average Bonchev–Trinajstić information content (AvgIpc) is 2.41. The maximum Gasteiger partial charge on any atom is 0.166 e. The molecule has 1 saturated heterocycles. The van der Waals surface area contributed by atoms with Gasteiger partial charge in [-0.2, -0.15) is 0 Å². The Kier molecular flexibility index (Phi) is 8.30. The second-order valence-electron chi connectivity index (χ2n) is 6.44. The lowest BCUT2D eigenvalue weighted by atomic mass is 9.80. The molecule has 2 rings (SSSR count). The van der Waals surface area contributed by atoms with E-state index in [-0.39, 0.29) is 30.9 Å². The molecule has 1 fully saturated rings. The zero-order valence-corrected chi connectivity index (χ0v) is 14.9. The fourth-order valence-electron chi connectivity index (χ4n) is 2.94. The van der Waals surface area contributed by atoms with Gasteiger partial charge in [0.1, 0.15) is 0 Å². The van der Waals surface area contributed by atoms with Crippen molar-refractivity contribution >= 4 is 24.8 Å². The number of piperazine rings is 1. The molecule has 0 amide bonds. The number of nitrogens with one attached hydrogen (secondary N) is 1. The normalized spacial score (nSPS) is 17.2. The molecule has 0 saturated carbocycles. The van der Waals surface area contributed by atoms with Gasteiger partial charge in [-0.3, -0.25) is 4.90 Å². The highest BCUT2D eigenvalue weighted by Gasteiger charge is 2.38. The van der Waals surface area contributed by atoms with Crippen LogP contribution in [0.15, 0.2) is 6.07 Å². The van der Waals surface area contributed by atoms with E-state index in [1.807, 2.05) is 4.90 Å². The molecular weight excluding hydrogens is 355 g/mol. The smallest absolute Gasteiger partial charge is 0.166 e. The van der Waals surface area contributed by atoms with Crippen LogP contribution in [0.4, 0.5) is 17.6 Å². The lowest BCUT2D eigenvalue weighted by molar-refractivity contribution is 0.0791. The maximum atomic E-state index is 14.2. The number of benzene rings is 1. The molecular formula is C15H22Cl2F4N2. The quantitative estimate of drug-likeness (QED) is 0.617. The van der Waals surface area contributed by atoms with Gasteiger partial charge in [0.05, 0.1) is 0 Å². The van der Waals surface area contributed by atoms with E-state index in [4.69, 9.17) is 0 Å². The van der Waals surface area contributed by atoms with Crippen molar-refractivity contribution in [3.8, 4) is 0 Å². The van der Waals surface area contributed by atoms with Crippen LogP contribution in [0.3, 0.4) is 0 Å². The van der Waals surface area contributed by atoms with Crippen LogP contribution >= 0.6 is 24.8 Å². The van der Waals surface area contributed by atoms with Gasteiger partial charge in [0.2, 0.25) is 0 Å². The van der Waals surface area contributed by atoms with E-state index in [2.05, 4.69) is 5.32 Å². The van der Waals surface area contributed by atoms with E-state index in [9.17, 15) is 17.6 Å². The Labute approximate surface area is 146 Å². The topological polar surface area (TPSA) is 15.3 Å². The lowest BCUT2D eigenvalue weighted by Crippen LogP contribution is -2.48. The minimum Gasteiger partial charge on any atom is -0.314 e. The highest BCUT2D eigenvalue weighted by molar-refractivity contribution is 5.85.